The van der Waals surface area contributed by atoms with E-state index in [0.29, 0.717) is 18.3 Å². The summed E-state index contributed by atoms with van der Waals surface area (Å²) in [5.41, 5.74) is 2.04. The molecule has 1 aliphatic heterocycles. The summed E-state index contributed by atoms with van der Waals surface area (Å²) in [4.78, 5) is 11.6. The van der Waals surface area contributed by atoms with E-state index in [1.54, 1.807) is 6.08 Å². The Morgan fingerprint density at radius 2 is 1.96 bits per heavy atom. The van der Waals surface area contributed by atoms with Crippen LogP contribution in [0.1, 0.15) is 46.5 Å². The van der Waals surface area contributed by atoms with Crippen molar-refractivity contribution in [3.05, 3.63) is 23.3 Å². The van der Waals surface area contributed by atoms with Crippen molar-refractivity contribution in [1.82, 2.24) is 0 Å². The van der Waals surface area contributed by atoms with E-state index in [-0.39, 0.29) is 22.9 Å². The summed E-state index contributed by atoms with van der Waals surface area (Å²) in [6, 6.07) is 0. The minimum atomic E-state index is -0.686. The predicted molar refractivity (Wildman–Crippen MR) is 85.4 cm³/mol. The van der Waals surface area contributed by atoms with Crippen molar-refractivity contribution < 1.29 is 19.7 Å². The van der Waals surface area contributed by atoms with Gasteiger partial charge in [0.15, 0.2) is 0 Å². The van der Waals surface area contributed by atoms with E-state index in [2.05, 4.69) is 26.8 Å². The van der Waals surface area contributed by atoms with Crippen LogP contribution in [0.3, 0.4) is 0 Å². The molecule has 0 aromatic rings. The van der Waals surface area contributed by atoms with Crippen LogP contribution in [-0.2, 0) is 9.53 Å². The van der Waals surface area contributed by atoms with Gasteiger partial charge in [0.25, 0.3) is 0 Å². The molecular formula is C19H26O4. The molecule has 4 rings (SSSR count). The number of hydrogen-bond acceptors (Lipinski definition) is 4. The van der Waals surface area contributed by atoms with Gasteiger partial charge in [-0.15, -0.1) is 0 Å². The number of esters is 1. The van der Waals surface area contributed by atoms with Gasteiger partial charge >= 0.3 is 5.97 Å². The van der Waals surface area contributed by atoms with Crippen molar-refractivity contribution in [2.75, 3.05) is 0 Å². The molecule has 4 heteroatoms. The highest BCUT2D eigenvalue weighted by Crippen LogP contribution is 2.63. The lowest BCUT2D eigenvalue weighted by molar-refractivity contribution is -0.183. The van der Waals surface area contributed by atoms with E-state index >= 15 is 0 Å². The number of aliphatic hydroxyl groups excluding tert-OH is 2. The lowest BCUT2D eigenvalue weighted by Crippen LogP contribution is -2.60. The zero-order valence-electron chi connectivity index (χ0n) is 14.1. The highest BCUT2D eigenvalue weighted by molar-refractivity contribution is 5.87. The third kappa shape index (κ3) is 2.01. The van der Waals surface area contributed by atoms with E-state index in [0.717, 1.165) is 24.8 Å². The molecule has 0 saturated heterocycles. The van der Waals surface area contributed by atoms with Crippen molar-refractivity contribution in [2.45, 2.75) is 64.8 Å². The summed E-state index contributed by atoms with van der Waals surface area (Å²) in [6.07, 6.45) is 5.76. The smallest absolute Gasteiger partial charge is 0.331 e. The summed E-state index contributed by atoms with van der Waals surface area (Å²) in [7, 11) is 0. The summed E-state index contributed by atoms with van der Waals surface area (Å²) in [5.74, 6) is 0.440. The standard InChI is InChI=1S/C19H26O4/c1-18(2)15-5-4-10-6-11-7-16(21)23-14(11)8-12(10)19(15,3)9-13(20)17(18)22/h6-7,12-15,17,20,22H,4-5,8-9H2,1-3H3/t12-,13+,14-,15-,17+,19-/m0/s1. The fraction of sp³-hybridized carbons (Fsp3) is 0.737. The van der Waals surface area contributed by atoms with Crippen molar-refractivity contribution in [1.29, 1.82) is 0 Å². The van der Waals surface area contributed by atoms with Crippen LogP contribution >= 0.6 is 0 Å². The van der Waals surface area contributed by atoms with Crippen LogP contribution in [0, 0.1) is 22.7 Å². The number of carbonyl (C=O) groups is 1. The van der Waals surface area contributed by atoms with E-state index in [1.807, 2.05) is 0 Å². The fourth-order valence-corrected chi connectivity index (χ4v) is 6.06. The molecule has 0 aromatic heterocycles. The summed E-state index contributed by atoms with van der Waals surface area (Å²) >= 11 is 0. The maximum atomic E-state index is 11.6. The van der Waals surface area contributed by atoms with Gasteiger partial charge in [-0.25, -0.2) is 4.79 Å². The molecule has 4 nitrogen and oxygen atoms in total. The molecule has 0 aromatic carbocycles. The molecule has 23 heavy (non-hydrogen) atoms. The Hall–Kier alpha value is -1.13. The Morgan fingerprint density at radius 3 is 2.70 bits per heavy atom. The van der Waals surface area contributed by atoms with Crippen molar-refractivity contribution in [2.24, 2.45) is 22.7 Å². The average molecular weight is 318 g/mol. The topological polar surface area (TPSA) is 66.8 Å². The third-order valence-electron chi connectivity index (χ3n) is 7.15. The van der Waals surface area contributed by atoms with Gasteiger partial charge in [0.05, 0.1) is 12.2 Å². The molecule has 6 atom stereocenters. The summed E-state index contributed by atoms with van der Waals surface area (Å²) < 4.78 is 5.45. The molecule has 126 valence electrons. The molecule has 3 aliphatic carbocycles. The number of rotatable bonds is 0. The predicted octanol–water partition coefficient (Wildman–Crippen LogP) is 2.35. The quantitative estimate of drug-likeness (QED) is 0.673. The first-order chi connectivity index (χ1) is 10.7. The first-order valence-electron chi connectivity index (χ1n) is 8.72. The van der Waals surface area contributed by atoms with Crippen LogP contribution in [-0.4, -0.2) is 34.5 Å². The van der Waals surface area contributed by atoms with Crippen LogP contribution < -0.4 is 0 Å². The van der Waals surface area contributed by atoms with Crippen LogP contribution in [0.15, 0.2) is 23.3 Å². The Labute approximate surface area is 137 Å². The minimum Gasteiger partial charge on any atom is -0.454 e. The lowest BCUT2D eigenvalue weighted by Gasteiger charge is -2.61. The van der Waals surface area contributed by atoms with Gasteiger partial charge in [-0.1, -0.05) is 32.4 Å². The van der Waals surface area contributed by atoms with Gasteiger partial charge < -0.3 is 14.9 Å². The first-order valence-corrected chi connectivity index (χ1v) is 8.72. The normalized spacial score (nSPS) is 47.7. The maximum absolute atomic E-state index is 11.6. The Kier molecular flexibility index (Phi) is 3.15. The molecule has 2 saturated carbocycles. The molecule has 0 spiro atoms. The van der Waals surface area contributed by atoms with E-state index < -0.39 is 12.2 Å². The molecule has 0 amide bonds. The number of hydrogen-bond donors (Lipinski definition) is 2. The monoisotopic (exact) mass is 318 g/mol. The first kappa shape index (κ1) is 15.4. The number of allylic oxidation sites excluding steroid dienone is 1. The Bertz CT molecular complexity index is 617. The SMILES string of the molecule is CC1(C)[C@H](O)[C@H](O)C[C@@]2(C)[C@H]3C[C@@H]4OC(=O)C=C4C=C3CC[C@@H]12. The molecule has 4 aliphatic rings. The van der Waals surface area contributed by atoms with E-state index in [4.69, 9.17) is 4.74 Å². The molecule has 0 bridgehead atoms. The molecule has 2 N–H and O–H groups in total. The zero-order valence-corrected chi connectivity index (χ0v) is 14.1. The van der Waals surface area contributed by atoms with Crippen LogP contribution in [0.25, 0.3) is 0 Å². The lowest BCUT2D eigenvalue weighted by atomic mass is 9.45. The Morgan fingerprint density at radius 1 is 1.22 bits per heavy atom. The Balaban J connectivity index is 1.74. The third-order valence-corrected chi connectivity index (χ3v) is 7.15. The van der Waals surface area contributed by atoms with Gasteiger partial charge in [-0.2, -0.15) is 0 Å². The number of carbonyl (C=O) groups excluding carboxylic acids is 1. The van der Waals surface area contributed by atoms with Crippen LogP contribution in [0.2, 0.25) is 0 Å². The van der Waals surface area contributed by atoms with E-state index in [1.165, 1.54) is 5.57 Å². The van der Waals surface area contributed by atoms with Crippen LogP contribution in [0.4, 0.5) is 0 Å². The van der Waals surface area contributed by atoms with Gasteiger partial charge in [0, 0.05) is 6.08 Å². The van der Waals surface area contributed by atoms with Gasteiger partial charge in [0.1, 0.15) is 6.10 Å². The minimum absolute atomic E-state index is 0.0627. The second-order valence-electron chi connectivity index (χ2n) is 8.71. The highest BCUT2D eigenvalue weighted by Gasteiger charge is 2.60. The second-order valence-corrected chi connectivity index (χ2v) is 8.71. The van der Waals surface area contributed by atoms with E-state index in [9.17, 15) is 15.0 Å². The number of aliphatic hydroxyl groups is 2. The molecule has 0 unspecified atom stereocenters. The molecule has 1 heterocycles. The highest BCUT2D eigenvalue weighted by atomic mass is 16.5. The zero-order chi connectivity index (χ0) is 16.6. The van der Waals surface area contributed by atoms with Crippen molar-refractivity contribution in [3.8, 4) is 0 Å². The van der Waals surface area contributed by atoms with Gasteiger partial charge in [-0.3, -0.25) is 0 Å². The molecular weight excluding hydrogens is 292 g/mol. The fourth-order valence-electron chi connectivity index (χ4n) is 6.06. The van der Waals surface area contributed by atoms with Crippen molar-refractivity contribution in [3.63, 3.8) is 0 Å². The number of fused-ring (bicyclic) bond motifs is 4. The van der Waals surface area contributed by atoms with Crippen molar-refractivity contribution >= 4 is 5.97 Å². The molecule has 2 fully saturated rings. The van der Waals surface area contributed by atoms with Gasteiger partial charge in [0.2, 0.25) is 0 Å². The largest absolute Gasteiger partial charge is 0.454 e. The summed E-state index contributed by atoms with van der Waals surface area (Å²) in [5, 5.41) is 21.0. The maximum Gasteiger partial charge on any atom is 0.331 e. The molecule has 0 radical (unpaired) electrons. The summed E-state index contributed by atoms with van der Waals surface area (Å²) in [6.45, 7) is 6.43. The van der Waals surface area contributed by atoms with Gasteiger partial charge in [-0.05, 0) is 53.9 Å². The second kappa shape index (κ2) is 4.70. The number of ether oxygens (including phenoxy) is 1. The average Bonchev–Trinajstić information content (AvgIpc) is 2.82. The van der Waals surface area contributed by atoms with Crippen LogP contribution in [0.5, 0.6) is 0 Å².